The zero-order chi connectivity index (χ0) is 13.2. The SMILES string of the molecule is C=C1C[N+]2(C)C3CCC2C1C(c1ccc(C)cc1)C3. The van der Waals surface area contributed by atoms with Crippen LogP contribution in [-0.2, 0) is 0 Å². The first-order valence-electron chi connectivity index (χ1n) is 7.69. The van der Waals surface area contributed by atoms with Crippen molar-refractivity contribution in [1.82, 2.24) is 0 Å². The van der Waals surface area contributed by atoms with E-state index in [4.69, 9.17) is 0 Å². The van der Waals surface area contributed by atoms with Gasteiger partial charge in [0.15, 0.2) is 0 Å². The van der Waals surface area contributed by atoms with Crippen molar-refractivity contribution in [3.63, 3.8) is 0 Å². The molecule has 3 aliphatic rings. The molecule has 1 aromatic carbocycles. The van der Waals surface area contributed by atoms with Crippen molar-refractivity contribution in [2.45, 2.75) is 44.2 Å². The van der Waals surface area contributed by atoms with Crippen LogP contribution in [0.1, 0.15) is 36.3 Å². The molecule has 0 N–H and O–H groups in total. The third kappa shape index (κ3) is 1.45. The maximum atomic E-state index is 4.44. The Bertz CT molecular complexity index is 529. The van der Waals surface area contributed by atoms with E-state index >= 15 is 0 Å². The predicted octanol–water partition coefficient (Wildman–Crippen LogP) is 3.65. The number of rotatable bonds is 1. The Morgan fingerprint density at radius 3 is 2.63 bits per heavy atom. The van der Waals surface area contributed by atoms with Crippen molar-refractivity contribution in [2.24, 2.45) is 5.92 Å². The number of likely N-dealkylation sites (N-methyl/N-ethyl adjacent to an activating group) is 1. The van der Waals surface area contributed by atoms with Crippen LogP contribution in [0.25, 0.3) is 0 Å². The van der Waals surface area contributed by atoms with Gasteiger partial charge in [-0.25, -0.2) is 0 Å². The van der Waals surface area contributed by atoms with Gasteiger partial charge in [0.05, 0.1) is 19.1 Å². The number of benzene rings is 1. The largest absolute Gasteiger partial charge is 0.317 e. The smallest absolute Gasteiger partial charge is 0.101 e. The van der Waals surface area contributed by atoms with Crippen molar-refractivity contribution >= 4 is 0 Å². The Labute approximate surface area is 116 Å². The first kappa shape index (κ1) is 11.7. The Hall–Kier alpha value is -1.08. The van der Waals surface area contributed by atoms with Gasteiger partial charge in [0.1, 0.15) is 6.54 Å². The Balaban J connectivity index is 1.76. The fourth-order valence-electron chi connectivity index (χ4n) is 5.34. The molecule has 0 radical (unpaired) electrons. The average Bonchev–Trinajstić information content (AvgIpc) is 2.69. The minimum atomic E-state index is 0.735. The summed E-state index contributed by atoms with van der Waals surface area (Å²) in [5.74, 6) is 1.48. The van der Waals surface area contributed by atoms with Crippen LogP contribution in [0.5, 0.6) is 0 Å². The molecule has 3 fully saturated rings. The first-order valence-corrected chi connectivity index (χ1v) is 7.69. The van der Waals surface area contributed by atoms with Crippen molar-refractivity contribution in [2.75, 3.05) is 13.6 Å². The van der Waals surface area contributed by atoms with Gasteiger partial charge < -0.3 is 4.48 Å². The van der Waals surface area contributed by atoms with E-state index in [0.29, 0.717) is 0 Å². The molecule has 0 aromatic heterocycles. The van der Waals surface area contributed by atoms with E-state index in [0.717, 1.165) is 23.9 Å². The molecule has 1 heteroatoms. The summed E-state index contributed by atoms with van der Waals surface area (Å²) in [5.41, 5.74) is 4.45. The summed E-state index contributed by atoms with van der Waals surface area (Å²) in [6.45, 7) is 7.85. The molecule has 1 aromatic rings. The first-order chi connectivity index (χ1) is 9.09. The standard InChI is InChI=1S/C18H24N/c1-12-4-6-14(7-5-12)16-10-15-8-9-17-18(16)13(2)11-19(15,17)3/h4-7,15-18H,2,8-11H2,1,3H3/q+1. The molecule has 0 aliphatic carbocycles. The molecule has 4 bridgehead atoms. The highest BCUT2D eigenvalue weighted by molar-refractivity contribution is 5.31. The van der Waals surface area contributed by atoms with Crippen LogP contribution >= 0.6 is 0 Å². The van der Waals surface area contributed by atoms with Gasteiger partial charge in [0.2, 0.25) is 0 Å². The van der Waals surface area contributed by atoms with E-state index in [2.05, 4.69) is 44.8 Å². The Kier molecular flexibility index (Phi) is 2.30. The number of aryl methyl sites for hydroxylation is 1. The molecular formula is C18H24N+. The minimum absolute atomic E-state index is 0.735. The van der Waals surface area contributed by atoms with E-state index in [1.807, 2.05) is 0 Å². The summed E-state index contributed by atoms with van der Waals surface area (Å²) in [6, 6.07) is 11.0. The number of piperidine rings is 1. The second-order valence-electron chi connectivity index (χ2n) is 7.24. The maximum absolute atomic E-state index is 4.44. The Morgan fingerprint density at radius 2 is 1.89 bits per heavy atom. The molecule has 4 rings (SSSR count). The lowest BCUT2D eigenvalue weighted by Crippen LogP contribution is -2.54. The molecule has 0 amide bonds. The summed E-state index contributed by atoms with van der Waals surface area (Å²) in [5, 5.41) is 0. The zero-order valence-corrected chi connectivity index (χ0v) is 12.1. The van der Waals surface area contributed by atoms with E-state index in [9.17, 15) is 0 Å². The fourth-order valence-corrected chi connectivity index (χ4v) is 5.34. The molecule has 1 nitrogen and oxygen atoms in total. The average molecular weight is 254 g/mol. The van der Waals surface area contributed by atoms with Gasteiger partial charge in [0.25, 0.3) is 0 Å². The third-order valence-corrected chi connectivity index (χ3v) is 6.28. The monoisotopic (exact) mass is 254 g/mol. The lowest BCUT2D eigenvalue weighted by atomic mass is 9.75. The summed E-state index contributed by atoms with van der Waals surface area (Å²) >= 11 is 0. The van der Waals surface area contributed by atoms with Crippen molar-refractivity contribution in [1.29, 1.82) is 0 Å². The molecule has 3 heterocycles. The molecule has 100 valence electrons. The highest BCUT2D eigenvalue weighted by Gasteiger charge is 2.62. The van der Waals surface area contributed by atoms with Crippen LogP contribution in [0.2, 0.25) is 0 Å². The van der Waals surface area contributed by atoms with Gasteiger partial charge >= 0.3 is 0 Å². The maximum Gasteiger partial charge on any atom is 0.101 e. The molecule has 3 aliphatic heterocycles. The molecule has 19 heavy (non-hydrogen) atoms. The molecule has 5 unspecified atom stereocenters. The zero-order valence-electron chi connectivity index (χ0n) is 12.1. The van der Waals surface area contributed by atoms with E-state index < -0.39 is 0 Å². The van der Waals surface area contributed by atoms with Crippen molar-refractivity contribution < 1.29 is 4.48 Å². The van der Waals surface area contributed by atoms with Crippen LogP contribution in [0, 0.1) is 12.8 Å². The van der Waals surface area contributed by atoms with Gasteiger partial charge in [-0.3, -0.25) is 0 Å². The van der Waals surface area contributed by atoms with Crippen LogP contribution in [0.3, 0.4) is 0 Å². The quantitative estimate of drug-likeness (QED) is 0.530. The summed E-state index contributed by atoms with van der Waals surface area (Å²) < 4.78 is 1.31. The molecule has 3 saturated heterocycles. The normalized spacial score (nSPS) is 43.8. The van der Waals surface area contributed by atoms with Gasteiger partial charge in [-0.1, -0.05) is 36.4 Å². The lowest BCUT2D eigenvalue weighted by Gasteiger charge is -2.43. The number of quaternary nitrogens is 1. The molecule has 0 spiro atoms. The lowest BCUT2D eigenvalue weighted by molar-refractivity contribution is -0.936. The van der Waals surface area contributed by atoms with Gasteiger partial charge in [-0.15, -0.1) is 0 Å². The highest BCUT2D eigenvalue weighted by atomic mass is 15.4. The second-order valence-corrected chi connectivity index (χ2v) is 7.24. The summed E-state index contributed by atoms with van der Waals surface area (Å²) in [4.78, 5) is 0. The molecule has 0 saturated carbocycles. The summed E-state index contributed by atoms with van der Waals surface area (Å²) in [7, 11) is 2.48. The van der Waals surface area contributed by atoms with Crippen LogP contribution in [0.15, 0.2) is 36.4 Å². The Morgan fingerprint density at radius 1 is 1.16 bits per heavy atom. The second kappa shape index (κ2) is 3.73. The van der Waals surface area contributed by atoms with Crippen LogP contribution in [0.4, 0.5) is 0 Å². The van der Waals surface area contributed by atoms with E-state index in [-0.39, 0.29) is 0 Å². The molecule has 5 atom stereocenters. The van der Waals surface area contributed by atoms with E-state index in [1.54, 1.807) is 5.56 Å². The number of hydrogen-bond acceptors (Lipinski definition) is 0. The fraction of sp³-hybridized carbons (Fsp3) is 0.556. The van der Waals surface area contributed by atoms with Crippen LogP contribution < -0.4 is 0 Å². The number of nitrogens with zero attached hydrogens (tertiary/aromatic N) is 1. The van der Waals surface area contributed by atoms with Gasteiger partial charge in [0, 0.05) is 31.1 Å². The van der Waals surface area contributed by atoms with Crippen molar-refractivity contribution in [3.05, 3.63) is 47.5 Å². The topological polar surface area (TPSA) is 0 Å². The van der Waals surface area contributed by atoms with Gasteiger partial charge in [-0.2, -0.15) is 0 Å². The number of hydrogen-bond donors (Lipinski definition) is 0. The van der Waals surface area contributed by atoms with Crippen molar-refractivity contribution in [3.8, 4) is 0 Å². The van der Waals surface area contributed by atoms with E-state index in [1.165, 1.54) is 41.4 Å². The van der Waals surface area contributed by atoms with Crippen LogP contribution in [-0.4, -0.2) is 30.2 Å². The summed E-state index contributed by atoms with van der Waals surface area (Å²) in [6.07, 6.45) is 4.24. The highest BCUT2D eigenvalue weighted by Crippen LogP contribution is 2.57. The predicted molar refractivity (Wildman–Crippen MR) is 79.0 cm³/mol. The minimum Gasteiger partial charge on any atom is -0.317 e. The third-order valence-electron chi connectivity index (χ3n) is 6.28. The molecular weight excluding hydrogens is 230 g/mol. The van der Waals surface area contributed by atoms with Gasteiger partial charge in [-0.05, 0) is 18.1 Å².